The third-order valence-electron chi connectivity index (χ3n) is 3.34. The molecule has 2 heterocycles. The first-order valence-electron chi connectivity index (χ1n) is 6.67. The van der Waals surface area contributed by atoms with Gasteiger partial charge in [0.15, 0.2) is 0 Å². The van der Waals surface area contributed by atoms with Crippen molar-refractivity contribution in [1.82, 2.24) is 0 Å². The van der Waals surface area contributed by atoms with Gasteiger partial charge in [-0.1, -0.05) is 18.2 Å². The van der Waals surface area contributed by atoms with Crippen molar-refractivity contribution in [2.45, 2.75) is 24.0 Å². The fraction of sp³-hybridized carbons (Fsp3) is 0.250. The van der Waals surface area contributed by atoms with Crippen LogP contribution in [0.25, 0.3) is 10.4 Å². The number of hydrogen-bond acceptors (Lipinski definition) is 5. The van der Waals surface area contributed by atoms with Gasteiger partial charge in [-0.2, -0.15) is 5.26 Å². The zero-order valence-corrected chi connectivity index (χ0v) is 13.1. The summed E-state index contributed by atoms with van der Waals surface area (Å²) in [4.78, 5) is 15.1. The average molecular weight is 315 g/mol. The standard InChI is InChI=1S/C16H13NO2S2/c1-2-19-16(18)15-10(7-8-17)12-9-20-13-6-4-3-5-11(13)14(12)21-15/h3-6H,2,7,9H2,1H3. The van der Waals surface area contributed by atoms with Crippen molar-refractivity contribution < 1.29 is 9.53 Å². The second-order valence-electron chi connectivity index (χ2n) is 4.56. The maximum atomic E-state index is 12.1. The van der Waals surface area contributed by atoms with Crippen LogP contribution < -0.4 is 0 Å². The summed E-state index contributed by atoms with van der Waals surface area (Å²) >= 11 is 3.21. The Kier molecular flexibility index (Phi) is 4.00. The maximum Gasteiger partial charge on any atom is 0.348 e. The van der Waals surface area contributed by atoms with Gasteiger partial charge in [0.1, 0.15) is 4.88 Å². The lowest BCUT2D eigenvalue weighted by atomic mass is 10.0. The van der Waals surface area contributed by atoms with Gasteiger partial charge in [-0.3, -0.25) is 0 Å². The summed E-state index contributed by atoms with van der Waals surface area (Å²) in [5.41, 5.74) is 3.12. The van der Waals surface area contributed by atoms with Gasteiger partial charge in [-0.05, 0) is 24.1 Å². The van der Waals surface area contributed by atoms with Crippen molar-refractivity contribution in [3.8, 4) is 16.5 Å². The highest BCUT2D eigenvalue weighted by Crippen LogP contribution is 2.47. The van der Waals surface area contributed by atoms with Crippen molar-refractivity contribution in [2.24, 2.45) is 0 Å². The summed E-state index contributed by atoms with van der Waals surface area (Å²) in [6, 6.07) is 10.4. The van der Waals surface area contributed by atoms with Crippen LogP contribution in [0.3, 0.4) is 0 Å². The fourth-order valence-electron chi connectivity index (χ4n) is 2.43. The number of ether oxygens (including phenoxy) is 1. The predicted molar refractivity (Wildman–Crippen MR) is 84.6 cm³/mol. The summed E-state index contributed by atoms with van der Waals surface area (Å²) < 4.78 is 5.14. The zero-order chi connectivity index (χ0) is 14.8. The zero-order valence-electron chi connectivity index (χ0n) is 11.5. The highest BCUT2D eigenvalue weighted by molar-refractivity contribution is 7.98. The molecule has 0 spiro atoms. The molecule has 106 valence electrons. The largest absolute Gasteiger partial charge is 0.462 e. The number of thioether (sulfide) groups is 1. The highest BCUT2D eigenvalue weighted by atomic mass is 32.2. The van der Waals surface area contributed by atoms with Gasteiger partial charge in [0.05, 0.1) is 19.1 Å². The molecule has 0 saturated carbocycles. The van der Waals surface area contributed by atoms with Crippen LogP contribution in [0.15, 0.2) is 29.2 Å². The Morgan fingerprint density at radius 1 is 1.43 bits per heavy atom. The summed E-state index contributed by atoms with van der Waals surface area (Å²) in [6.07, 6.45) is 0.253. The maximum absolute atomic E-state index is 12.1. The number of carbonyl (C=O) groups is 1. The summed E-state index contributed by atoms with van der Waals surface area (Å²) in [7, 11) is 0. The Bertz CT molecular complexity index is 743. The van der Waals surface area contributed by atoms with Crippen LogP contribution in [0.5, 0.6) is 0 Å². The molecule has 1 aromatic carbocycles. The molecular weight excluding hydrogens is 302 g/mol. The molecule has 21 heavy (non-hydrogen) atoms. The molecular formula is C16H13NO2S2. The first-order chi connectivity index (χ1) is 10.3. The first kappa shape index (κ1) is 14.2. The quantitative estimate of drug-likeness (QED) is 0.794. The van der Waals surface area contributed by atoms with Crippen LogP contribution in [0.1, 0.15) is 27.7 Å². The normalized spacial score (nSPS) is 12.2. The molecule has 0 saturated heterocycles. The second kappa shape index (κ2) is 5.92. The van der Waals surface area contributed by atoms with E-state index in [1.165, 1.54) is 16.2 Å². The van der Waals surface area contributed by atoms with Crippen molar-refractivity contribution in [3.05, 3.63) is 40.3 Å². The second-order valence-corrected chi connectivity index (χ2v) is 6.60. The van der Waals surface area contributed by atoms with E-state index in [-0.39, 0.29) is 12.4 Å². The molecule has 1 aliphatic heterocycles. The monoisotopic (exact) mass is 315 g/mol. The van der Waals surface area contributed by atoms with Gasteiger partial charge in [0.25, 0.3) is 0 Å². The predicted octanol–water partition coefficient (Wildman–Crippen LogP) is 4.26. The van der Waals surface area contributed by atoms with Gasteiger partial charge >= 0.3 is 5.97 Å². The Balaban J connectivity index is 2.16. The molecule has 0 bridgehead atoms. The van der Waals surface area contributed by atoms with E-state index in [1.54, 1.807) is 18.7 Å². The molecule has 0 aliphatic carbocycles. The average Bonchev–Trinajstić information content (AvgIpc) is 2.87. The van der Waals surface area contributed by atoms with E-state index >= 15 is 0 Å². The number of carbonyl (C=O) groups excluding carboxylic acids is 1. The molecule has 1 aromatic heterocycles. The van der Waals surface area contributed by atoms with Crippen molar-refractivity contribution in [2.75, 3.05) is 6.61 Å². The lowest BCUT2D eigenvalue weighted by Crippen LogP contribution is -2.06. The van der Waals surface area contributed by atoms with E-state index in [0.717, 1.165) is 27.3 Å². The number of fused-ring (bicyclic) bond motifs is 3. The number of nitriles is 1. The number of nitrogens with zero attached hydrogens (tertiary/aromatic N) is 1. The molecule has 5 heteroatoms. The molecule has 0 unspecified atom stereocenters. The van der Waals surface area contributed by atoms with E-state index in [1.807, 2.05) is 12.1 Å². The van der Waals surface area contributed by atoms with Crippen molar-refractivity contribution in [1.29, 1.82) is 5.26 Å². The van der Waals surface area contributed by atoms with Gasteiger partial charge in [0, 0.05) is 21.1 Å². The van der Waals surface area contributed by atoms with E-state index in [2.05, 4.69) is 18.2 Å². The van der Waals surface area contributed by atoms with Crippen LogP contribution in [0, 0.1) is 11.3 Å². The van der Waals surface area contributed by atoms with E-state index < -0.39 is 0 Å². The summed E-state index contributed by atoms with van der Waals surface area (Å²) in [5.74, 6) is 0.490. The van der Waals surface area contributed by atoms with Crippen LogP contribution in [0.4, 0.5) is 0 Å². The Labute approximate surface area is 131 Å². The SMILES string of the molecule is CCOC(=O)c1sc2c(c1CC#N)CSc1ccccc1-2. The molecule has 0 N–H and O–H groups in total. The van der Waals surface area contributed by atoms with Crippen LogP contribution in [-0.4, -0.2) is 12.6 Å². The number of benzene rings is 1. The Hall–Kier alpha value is -1.77. The fourth-order valence-corrected chi connectivity index (χ4v) is 4.97. The third-order valence-corrected chi connectivity index (χ3v) is 5.72. The topological polar surface area (TPSA) is 50.1 Å². The Morgan fingerprint density at radius 2 is 2.24 bits per heavy atom. The van der Waals surface area contributed by atoms with Crippen molar-refractivity contribution >= 4 is 29.1 Å². The summed E-state index contributed by atoms with van der Waals surface area (Å²) in [6.45, 7) is 2.14. The van der Waals surface area contributed by atoms with Gasteiger partial charge in [0.2, 0.25) is 0 Å². The van der Waals surface area contributed by atoms with Crippen LogP contribution >= 0.6 is 23.1 Å². The molecule has 0 radical (unpaired) electrons. The lowest BCUT2D eigenvalue weighted by molar-refractivity contribution is 0.0531. The first-order valence-corrected chi connectivity index (χ1v) is 8.47. The number of rotatable bonds is 3. The van der Waals surface area contributed by atoms with E-state index in [9.17, 15) is 4.79 Å². The van der Waals surface area contributed by atoms with Gasteiger partial charge < -0.3 is 4.74 Å². The minimum atomic E-state index is -0.315. The lowest BCUT2D eigenvalue weighted by Gasteiger charge is -2.16. The molecule has 1 aliphatic rings. The minimum Gasteiger partial charge on any atom is -0.462 e. The number of thiophene rings is 1. The summed E-state index contributed by atoms with van der Waals surface area (Å²) in [5, 5.41) is 9.07. The third kappa shape index (κ3) is 2.45. The van der Waals surface area contributed by atoms with Gasteiger partial charge in [-0.15, -0.1) is 23.1 Å². The van der Waals surface area contributed by atoms with Crippen LogP contribution in [-0.2, 0) is 16.9 Å². The minimum absolute atomic E-state index is 0.253. The number of esters is 1. The molecule has 0 amide bonds. The smallest absolute Gasteiger partial charge is 0.348 e. The molecule has 0 atom stereocenters. The van der Waals surface area contributed by atoms with E-state index in [0.29, 0.717) is 11.5 Å². The van der Waals surface area contributed by atoms with Crippen LogP contribution in [0.2, 0.25) is 0 Å². The van der Waals surface area contributed by atoms with Gasteiger partial charge in [-0.25, -0.2) is 4.79 Å². The van der Waals surface area contributed by atoms with Crippen molar-refractivity contribution in [3.63, 3.8) is 0 Å². The number of hydrogen-bond donors (Lipinski definition) is 0. The van der Waals surface area contributed by atoms with E-state index in [4.69, 9.17) is 10.00 Å². The molecule has 3 rings (SSSR count). The Morgan fingerprint density at radius 3 is 3.00 bits per heavy atom. The highest BCUT2D eigenvalue weighted by Gasteiger charge is 2.27. The molecule has 3 nitrogen and oxygen atoms in total. The molecule has 2 aromatic rings. The molecule has 0 fully saturated rings.